The second-order valence-corrected chi connectivity index (χ2v) is 6.23. The highest BCUT2D eigenvalue weighted by atomic mass is 35.5. The summed E-state index contributed by atoms with van der Waals surface area (Å²) >= 11 is 5.62. The molecule has 1 aromatic heterocycles. The quantitative estimate of drug-likeness (QED) is 0.483. The van der Waals surface area contributed by atoms with Crippen LogP contribution in [0.15, 0.2) is 21.6 Å². The van der Waals surface area contributed by atoms with Crippen LogP contribution in [0, 0.1) is 0 Å². The molecule has 1 aromatic rings. The molecule has 0 spiro atoms. The summed E-state index contributed by atoms with van der Waals surface area (Å²) in [4.78, 5) is 0. The number of hydrogen-bond acceptors (Lipinski definition) is 5. The van der Waals surface area contributed by atoms with Crippen LogP contribution in [0.5, 0.6) is 0 Å². The van der Waals surface area contributed by atoms with Gasteiger partial charge in [-0.05, 0) is 18.6 Å². The zero-order valence-corrected chi connectivity index (χ0v) is 13.2. The van der Waals surface area contributed by atoms with Crippen molar-refractivity contribution >= 4 is 21.6 Å². The molecule has 116 valence electrons. The Balaban J connectivity index is 2.85. The maximum absolute atomic E-state index is 12.5. The number of furan rings is 1. The maximum Gasteiger partial charge on any atom is 0.276 e. The lowest BCUT2D eigenvalue weighted by Crippen LogP contribution is -2.35. The lowest BCUT2D eigenvalue weighted by atomic mass is 10.4. The molecular formula is C12H20ClNO5S. The highest BCUT2D eigenvalue weighted by molar-refractivity contribution is 7.89. The van der Waals surface area contributed by atoms with Crippen LogP contribution in [0.3, 0.4) is 0 Å². The van der Waals surface area contributed by atoms with Gasteiger partial charge >= 0.3 is 0 Å². The normalized spacial score (nSPS) is 12.2. The van der Waals surface area contributed by atoms with Crippen LogP contribution >= 0.6 is 11.6 Å². The molecular weight excluding hydrogens is 306 g/mol. The predicted octanol–water partition coefficient (Wildman–Crippen LogP) is 1.69. The van der Waals surface area contributed by atoms with Gasteiger partial charge in [-0.1, -0.05) is 0 Å². The van der Waals surface area contributed by atoms with Crippen molar-refractivity contribution in [3.63, 3.8) is 0 Å². The number of alkyl halides is 1. The summed E-state index contributed by atoms with van der Waals surface area (Å²) in [5.41, 5.74) is 0. The average molecular weight is 326 g/mol. The molecule has 0 aromatic carbocycles. The standard InChI is InChI=1S/C12H20ClNO5S/c1-17-8-3-6-14(7-9-18-2)20(15,16)12-5-4-11(10-13)19-12/h4-5H,3,6-10H2,1-2H3. The van der Waals surface area contributed by atoms with Crippen molar-refractivity contribution in [1.82, 2.24) is 4.31 Å². The van der Waals surface area contributed by atoms with E-state index in [1.165, 1.54) is 17.5 Å². The third-order valence-corrected chi connectivity index (χ3v) is 4.70. The molecule has 0 radical (unpaired) electrons. The zero-order valence-electron chi connectivity index (χ0n) is 11.7. The van der Waals surface area contributed by atoms with E-state index < -0.39 is 10.0 Å². The third kappa shape index (κ3) is 4.75. The van der Waals surface area contributed by atoms with Crippen molar-refractivity contribution in [2.24, 2.45) is 0 Å². The van der Waals surface area contributed by atoms with Crippen molar-refractivity contribution in [3.8, 4) is 0 Å². The lowest BCUT2D eigenvalue weighted by molar-refractivity contribution is 0.163. The molecule has 20 heavy (non-hydrogen) atoms. The van der Waals surface area contributed by atoms with Crippen LogP contribution in [0.25, 0.3) is 0 Å². The number of hydrogen-bond donors (Lipinski definition) is 0. The Morgan fingerprint density at radius 1 is 1.20 bits per heavy atom. The van der Waals surface area contributed by atoms with Gasteiger partial charge in [0.2, 0.25) is 5.09 Å². The maximum atomic E-state index is 12.5. The first kappa shape index (κ1) is 17.5. The summed E-state index contributed by atoms with van der Waals surface area (Å²) in [5.74, 6) is 0.561. The fourth-order valence-electron chi connectivity index (χ4n) is 1.63. The van der Waals surface area contributed by atoms with Gasteiger partial charge in [0, 0.05) is 33.9 Å². The van der Waals surface area contributed by atoms with Crippen LogP contribution < -0.4 is 0 Å². The molecule has 0 aliphatic carbocycles. The zero-order chi connectivity index (χ0) is 15.0. The largest absolute Gasteiger partial charge is 0.447 e. The van der Waals surface area contributed by atoms with Crippen molar-refractivity contribution < 1.29 is 22.3 Å². The highest BCUT2D eigenvalue weighted by Gasteiger charge is 2.27. The van der Waals surface area contributed by atoms with Gasteiger partial charge in [-0.2, -0.15) is 4.31 Å². The fourth-order valence-corrected chi connectivity index (χ4v) is 3.16. The summed E-state index contributed by atoms with van der Waals surface area (Å²) in [7, 11) is -0.568. The fraction of sp³-hybridized carbons (Fsp3) is 0.667. The molecule has 0 amide bonds. The number of sulfonamides is 1. The Bertz CT molecular complexity index is 488. The van der Waals surface area contributed by atoms with Crippen LogP contribution in [0.2, 0.25) is 0 Å². The minimum atomic E-state index is -3.67. The summed E-state index contributed by atoms with van der Waals surface area (Å²) in [6, 6.07) is 2.98. The smallest absolute Gasteiger partial charge is 0.276 e. The van der Waals surface area contributed by atoms with Crippen molar-refractivity contribution in [2.75, 3.05) is 40.5 Å². The second-order valence-electron chi connectivity index (χ2n) is 4.10. The Hall–Kier alpha value is -0.600. The lowest BCUT2D eigenvalue weighted by Gasteiger charge is -2.20. The third-order valence-electron chi connectivity index (χ3n) is 2.66. The Labute approximate surface area is 124 Å². The first-order valence-electron chi connectivity index (χ1n) is 6.19. The number of rotatable bonds is 10. The van der Waals surface area contributed by atoms with Crippen molar-refractivity contribution in [3.05, 3.63) is 17.9 Å². The van der Waals surface area contributed by atoms with E-state index in [0.717, 1.165) is 0 Å². The summed E-state index contributed by atoms with van der Waals surface area (Å²) in [6.07, 6.45) is 0.600. The molecule has 0 saturated heterocycles. The van der Waals surface area contributed by atoms with E-state index in [1.807, 2.05) is 0 Å². The highest BCUT2D eigenvalue weighted by Crippen LogP contribution is 2.20. The molecule has 1 rings (SSSR count). The van der Waals surface area contributed by atoms with Gasteiger partial charge in [0.25, 0.3) is 10.0 Å². The van der Waals surface area contributed by atoms with Gasteiger partial charge < -0.3 is 13.9 Å². The first-order chi connectivity index (χ1) is 9.56. The minimum Gasteiger partial charge on any atom is -0.447 e. The summed E-state index contributed by atoms with van der Waals surface area (Å²) in [6.45, 7) is 1.41. The van der Waals surface area contributed by atoms with Gasteiger partial charge in [0.05, 0.1) is 12.5 Å². The summed E-state index contributed by atoms with van der Waals surface area (Å²) < 4.78 is 41.4. The van der Waals surface area contributed by atoms with Crippen LogP contribution in [-0.4, -0.2) is 53.2 Å². The Morgan fingerprint density at radius 2 is 1.90 bits per heavy atom. The van der Waals surface area contributed by atoms with Crippen LogP contribution in [0.1, 0.15) is 12.2 Å². The Morgan fingerprint density at radius 3 is 2.45 bits per heavy atom. The molecule has 0 unspecified atom stereocenters. The molecule has 8 heteroatoms. The predicted molar refractivity (Wildman–Crippen MR) is 75.4 cm³/mol. The molecule has 0 aliphatic rings. The molecule has 0 atom stereocenters. The average Bonchev–Trinajstić information content (AvgIpc) is 2.92. The Kier molecular flexibility index (Phi) is 7.53. The topological polar surface area (TPSA) is 69.0 Å². The molecule has 6 nitrogen and oxygen atoms in total. The number of nitrogens with zero attached hydrogens (tertiary/aromatic N) is 1. The number of methoxy groups -OCH3 is 2. The van der Waals surface area contributed by atoms with E-state index in [0.29, 0.717) is 31.9 Å². The van der Waals surface area contributed by atoms with E-state index in [4.69, 9.17) is 25.5 Å². The van der Waals surface area contributed by atoms with E-state index in [1.54, 1.807) is 13.2 Å². The van der Waals surface area contributed by atoms with Gasteiger partial charge in [0.1, 0.15) is 5.76 Å². The van der Waals surface area contributed by atoms with Crippen molar-refractivity contribution in [1.29, 1.82) is 0 Å². The minimum absolute atomic E-state index is 0.0957. The van der Waals surface area contributed by atoms with Crippen LogP contribution in [-0.2, 0) is 25.4 Å². The molecule has 0 aliphatic heterocycles. The van der Waals surface area contributed by atoms with Gasteiger partial charge in [-0.3, -0.25) is 0 Å². The van der Waals surface area contributed by atoms with Crippen LogP contribution in [0.4, 0.5) is 0 Å². The number of ether oxygens (including phenoxy) is 2. The summed E-state index contributed by atoms with van der Waals surface area (Å²) in [5, 5.41) is -0.0957. The van der Waals surface area contributed by atoms with E-state index in [9.17, 15) is 8.42 Å². The first-order valence-corrected chi connectivity index (χ1v) is 8.16. The molecule has 0 fully saturated rings. The van der Waals surface area contributed by atoms with E-state index >= 15 is 0 Å². The molecule has 0 N–H and O–H groups in total. The van der Waals surface area contributed by atoms with Gasteiger partial charge in [-0.15, -0.1) is 11.6 Å². The SMILES string of the molecule is COCCCN(CCOC)S(=O)(=O)c1ccc(CCl)o1. The van der Waals surface area contributed by atoms with Gasteiger partial charge in [-0.25, -0.2) is 8.42 Å². The molecule has 0 saturated carbocycles. The van der Waals surface area contributed by atoms with E-state index in [2.05, 4.69) is 0 Å². The molecule has 0 bridgehead atoms. The number of halogens is 1. The van der Waals surface area contributed by atoms with Gasteiger partial charge in [0.15, 0.2) is 0 Å². The van der Waals surface area contributed by atoms with E-state index in [-0.39, 0.29) is 17.5 Å². The monoisotopic (exact) mass is 325 g/mol. The van der Waals surface area contributed by atoms with Crippen molar-refractivity contribution in [2.45, 2.75) is 17.4 Å². The second kappa shape index (κ2) is 8.63. The molecule has 1 heterocycles.